The number of guanidine groups is 1. The number of aromatic nitrogens is 3. The zero-order chi connectivity index (χ0) is 15.2. The molecule has 0 amide bonds. The molecule has 0 aromatic carbocycles. The van der Waals surface area contributed by atoms with E-state index in [1.54, 1.807) is 18.4 Å². The number of nitrogens with zero attached hydrogens (tertiary/aromatic N) is 5. The molecule has 0 aliphatic rings. The number of hydrogen-bond donors (Lipinski definition) is 1. The first-order valence-electron chi connectivity index (χ1n) is 6.89. The van der Waals surface area contributed by atoms with Crippen molar-refractivity contribution in [3.63, 3.8) is 0 Å². The lowest BCUT2D eigenvalue weighted by molar-refractivity contribution is 0.471. The normalized spacial score (nSPS) is 11.7. The molecule has 0 radical (unpaired) electrons. The molecule has 0 saturated heterocycles. The van der Waals surface area contributed by atoms with Crippen molar-refractivity contribution in [1.29, 1.82) is 0 Å². The fourth-order valence-corrected chi connectivity index (χ4v) is 2.71. The Kier molecular flexibility index (Phi) is 5.32. The molecule has 0 aliphatic carbocycles. The summed E-state index contributed by atoms with van der Waals surface area (Å²) in [7, 11) is 5.75. The highest BCUT2D eigenvalue weighted by Gasteiger charge is 2.08. The van der Waals surface area contributed by atoms with Crippen molar-refractivity contribution >= 4 is 17.3 Å². The number of aryl methyl sites for hydroxylation is 2. The van der Waals surface area contributed by atoms with Gasteiger partial charge in [-0.15, -0.1) is 11.3 Å². The average molecular weight is 306 g/mol. The van der Waals surface area contributed by atoms with Crippen LogP contribution in [0.2, 0.25) is 0 Å². The topological polar surface area (TPSA) is 58.3 Å². The van der Waals surface area contributed by atoms with E-state index in [4.69, 9.17) is 0 Å². The van der Waals surface area contributed by atoms with Gasteiger partial charge < -0.3 is 10.2 Å². The van der Waals surface area contributed by atoms with Gasteiger partial charge in [0.25, 0.3) is 0 Å². The summed E-state index contributed by atoms with van der Waals surface area (Å²) in [6.45, 7) is 3.62. The van der Waals surface area contributed by atoms with Gasteiger partial charge in [-0.05, 0) is 18.9 Å². The second-order valence-electron chi connectivity index (χ2n) is 4.96. The van der Waals surface area contributed by atoms with Gasteiger partial charge in [0.05, 0.1) is 23.4 Å². The Balaban J connectivity index is 1.82. The maximum absolute atomic E-state index is 4.48. The number of hydrogen-bond acceptors (Lipinski definition) is 4. The zero-order valence-electron chi connectivity index (χ0n) is 13.0. The molecule has 0 bridgehead atoms. The Morgan fingerprint density at radius 3 is 2.90 bits per heavy atom. The molecule has 2 aromatic rings. The SMILES string of the molecule is CN=C(NCCc1cnn(C)c1)N(C)Cc1csc(C)n1. The fourth-order valence-electron chi connectivity index (χ4n) is 2.10. The summed E-state index contributed by atoms with van der Waals surface area (Å²) < 4.78 is 1.82. The summed E-state index contributed by atoms with van der Waals surface area (Å²) in [4.78, 5) is 10.9. The molecule has 6 nitrogen and oxygen atoms in total. The molecule has 114 valence electrons. The third-order valence-corrected chi connectivity index (χ3v) is 3.92. The molecule has 0 fully saturated rings. The van der Waals surface area contributed by atoms with Crippen LogP contribution in [0.4, 0.5) is 0 Å². The Morgan fingerprint density at radius 2 is 2.33 bits per heavy atom. The minimum atomic E-state index is 0.761. The van der Waals surface area contributed by atoms with Gasteiger partial charge in [-0.3, -0.25) is 9.67 Å². The number of thiazole rings is 1. The standard InChI is InChI=1S/C14H22N6S/c1-11-18-13(10-21-11)9-19(3)14(15-2)16-6-5-12-7-17-20(4)8-12/h7-8,10H,5-6,9H2,1-4H3,(H,15,16). The highest BCUT2D eigenvalue weighted by atomic mass is 32.1. The highest BCUT2D eigenvalue weighted by Crippen LogP contribution is 2.09. The smallest absolute Gasteiger partial charge is 0.193 e. The summed E-state index contributed by atoms with van der Waals surface area (Å²) in [6, 6.07) is 0. The molecule has 0 aliphatic heterocycles. The number of nitrogens with one attached hydrogen (secondary N) is 1. The Labute approximate surface area is 129 Å². The van der Waals surface area contributed by atoms with Gasteiger partial charge in [0, 0.05) is 39.3 Å². The van der Waals surface area contributed by atoms with Crippen LogP contribution in [0.3, 0.4) is 0 Å². The maximum atomic E-state index is 4.48. The van der Waals surface area contributed by atoms with Crippen molar-refractivity contribution in [2.75, 3.05) is 20.6 Å². The Morgan fingerprint density at radius 1 is 1.52 bits per heavy atom. The van der Waals surface area contributed by atoms with Crippen LogP contribution in [0.15, 0.2) is 22.8 Å². The van der Waals surface area contributed by atoms with Crippen LogP contribution >= 0.6 is 11.3 Å². The van der Waals surface area contributed by atoms with Crippen molar-refractivity contribution in [2.45, 2.75) is 19.9 Å². The summed E-state index contributed by atoms with van der Waals surface area (Å²) in [6.07, 6.45) is 4.86. The fraction of sp³-hybridized carbons (Fsp3) is 0.500. The molecule has 21 heavy (non-hydrogen) atoms. The minimum Gasteiger partial charge on any atom is -0.356 e. The summed E-state index contributed by atoms with van der Waals surface area (Å²) in [5, 5.41) is 10.7. The van der Waals surface area contributed by atoms with Gasteiger partial charge in [-0.25, -0.2) is 4.98 Å². The molecule has 0 atom stereocenters. The zero-order valence-corrected chi connectivity index (χ0v) is 13.8. The maximum Gasteiger partial charge on any atom is 0.193 e. The van der Waals surface area contributed by atoms with Crippen LogP contribution in [0, 0.1) is 6.92 Å². The Bertz CT molecular complexity index is 600. The second-order valence-corrected chi connectivity index (χ2v) is 6.02. The van der Waals surface area contributed by atoms with Crippen LogP contribution < -0.4 is 5.32 Å². The van der Waals surface area contributed by atoms with E-state index < -0.39 is 0 Å². The largest absolute Gasteiger partial charge is 0.356 e. The molecule has 2 rings (SSSR count). The predicted molar refractivity (Wildman–Crippen MR) is 86.6 cm³/mol. The van der Waals surface area contributed by atoms with Gasteiger partial charge in [0.1, 0.15) is 0 Å². The van der Waals surface area contributed by atoms with E-state index in [-0.39, 0.29) is 0 Å². The summed E-state index contributed by atoms with van der Waals surface area (Å²) in [5.74, 6) is 0.879. The van der Waals surface area contributed by atoms with Gasteiger partial charge in [0.15, 0.2) is 5.96 Å². The molecule has 0 unspecified atom stereocenters. The number of aliphatic imine (C=N–C) groups is 1. The highest BCUT2D eigenvalue weighted by molar-refractivity contribution is 7.09. The van der Waals surface area contributed by atoms with Crippen molar-refractivity contribution in [3.05, 3.63) is 34.0 Å². The molecule has 2 heterocycles. The first-order chi connectivity index (χ1) is 10.1. The van der Waals surface area contributed by atoms with Gasteiger partial charge in [0.2, 0.25) is 0 Å². The van der Waals surface area contributed by atoms with Crippen molar-refractivity contribution < 1.29 is 0 Å². The summed E-state index contributed by atoms with van der Waals surface area (Å²) in [5.41, 5.74) is 2.30. The molecule has 0 saturated carbocycles. The van der Waals surface area contributed by atoms with Gasteiger partial charge in [-0.1, -0.05) is 0 Å². The van der Waals surface area contributed by atoms with Crippen LogP contribution in [-0.2, 0) is 20.0 Å². The van der Waals surface area contributed by atoms with E-state index in [2.05, 4.69) is 30.7 Å². The molecular formula is C14H22N6S. The van der Waals surface area contributed by atoms with Crippen LogP contribution in [0.25, 0.3) is 0 Å². The average Bonchev–Trinajstić information content (AvgIpc) is 3.03. The third-order valence-electron chi connectivity index (χ3n) is 3.09. The van der Waals surface area contributed by atoms with E-state index in [9.17, 15) is 0 Å². The van der Waals surface area contributed by atoms with E-state index >= 15 is 0 Å². The molecular weight excluding hydrogens is 284 g/mol. The second kappa shape index (κ2) is 7.21. The van der Waals surface area contributed by atoms with Gasteiger partial charge >= 0.3 is 0 Å². The molecule has 7 heteroatoms. The van der Waals surface area contributed by atoms with E-state index in [1.807, 2.05) is 38.1 Å². The van der Waals surface area contributed by atoms with Crippen LogP contribution in [-0.4, -0.2) is 46.3 Å². The first kappa shape index (κ1) is 15.5. The minimum absolute atomic E-state index is 0.761. The lowest BCUT2D eigenvalue weighted by Crippen LogP contribution is -2.39. The van der Waals surface area contributed by atoms with Gasteiger partial charge in [-0.2, -0.15) is 5.10 Å². The quantitative estimate of drug-likeness (QED) is 0.671. The van der Waals surface area contributed by atoms with E-state index in [0.29, 0.717) is 0 Å². The van der Waals surface area contributed by atoms with Crippen molar-refractivity contribution in [2.24, 2.45) is 12.0 Å². The van der Waals surface area contributed by atoms with Crippen molar-refractivity contribution in [3.8, 4) is 0 Å². The summed E-state index contributed by atoms with van der Waals surface area (Å²) >= 11 is 1.68. The molecule has 2 aromatic heterocycles. The molecule has 1 N–H and O–H groups in total. The Hall–Kier alpha value is -1.89. The van der Waals surface area contributed by atoms with Crippen LogP contribution in [0.5, 0.6) is 0 Å². The molecule has 0 spiro atoms. The van der Waals surface area contributed by atoms with E-state index in [1.165, 1.54) is 5.56 Å². The predicted octanol–water partition coefficient (Wildman–Crippen LogP) is 1.43. The first-order valence-corrected chi connectivity index (χ1v) is 7.76. The van der Waals surface area contributed by atoms with Crippen molar-refractivity contribution in [1.82, 2.24) is 25.0 Å². The van der Waals surface area contributed by atoms with E-state index in [0.717, 1.165) is 36.2 Å². The lowest BCUT2D eigenvalue weighted by Gasteiger charge is -2.21. The number of rotatable bonds is 5. The third kappa shape index (κ3) is 4.56. The lowest BCUT2D eigenvalue weighted by atomic mass is 10.2. The van der Waals surface area contributed by atoms with Crippen LogP contribution in [0.1, 0.15) is 16.3 Å². The monoisotopic (exact) mass is 306 g/mol.